The van der Waals surface area contributed by atoms with Gasteiger partial charge in [0, 0.05) is 69.4 Å². The van der Waals surface area contributed by atoms with Crippen molar-refractivity contribution < 1.29 is 31.1 Å². The van der Waals surface area contributed by atoms with Gasteiger partial charge in [-0.3, -0.25) is 14.6 Å². The van der Waals surface area contributed by atoms with E-state index < -0.39 is 35.0 Å². The highest BCUT2D eigenvalue weighted by molar-refractivity contribution is 5.95. The first-order valence-electron chi connectivity index (χ1n) is 13.3. The smallest absolute Gasteiger partial charge is 0.338 e. The maximum Gasteiger partial charge on any atom is 0.416 e. The number of hydrogen-bond donors (Lipinski definition) is 1. The van der Waals surface area contributed by atoms with Gasteiger partial charge >= 0.3 is 12.4 Å². The molecule has 11 heteroatoms. The zero-order valence-electron chi connectivity index (χ0n) is 21.4. The molecule has 3 atom stereocenters. The summed E-state index contributed by atoms with van der Waals surface area (Å²) < 4.78 is 80.4. The number of carbonyl (C=O) groups excluding carboxylic acids is 1. The van der Waals surface area contributed by atoms with Gasteiger partial charge < -0.3 is 10.2 Å². The molecule has 3 unspecified atom stereocenters. The Balaban J connectivity index is 1.36. The summed E-state index contributed by atoms with van der Waals surface area (Å²) in [5.41, 5.74) is -2.56. The molecule has 3 aliphatic rings. The molecule has 3 fully saturated rings. The summed E-state index contributed by atoms with van der Waals surface area (Å²) in [5.74, 6) is -0.930. The van der Waals surface area contributed by atoms with Crippen molar-refractivity contribution in [2.45, 2.75) is 43.2 Å². The lowest BCUT2D eigenvalue weighted by molar-refractivity contribution is -0.143. The van der Waals surface area contributed by atoms with Gasteiger partial charge in [0.2, 0.25) is 0 Å². The Labute approximate surface area is 223 Å². The molecule has 0 aromatic heterocycles. The molecule has 212 valence electrons. The Bertz CT molecular complexity index is 1110. The van der Waals surface area contributed by atoms with E-state index in [9.17, 15) is 31.1 Å². The first-order valence-corrected chi connectivity index (χ1v) is 13.3. The number of halogens is 6. The summed E-state index contributed by atoms with van der Waals surface area (Å²) in [6, 6.07) is 11.4. The predicted molar refractivity (Wildman–Crippen MR) is 134 cm³/mol. The first kappa shape index (κ1) is 27.9. The Morgan fingerprint density at radius 3 is 1.97 bits per heavy atom. The minimum atomic E-state index is -5.01. The van der Waals surface area contributed by atoms with Crippen LogP contribution < -0.4 is 5.32 Å². The molecule has 5 rings (SSSR count). The average molecular weight is 555 g/mol. The number of amides is 1. The molecule has 2 aromatic rings. The lowest BCUT2D eigenvalue weighted by Gasteiger charge is -2.47. The predicted octanol–water partition coefficient (Wildman–Crippen LogP) is 4.70. The van der Waals surface area contributed by atoms with Gasteiger partial charge in [-0.25, -0.2) is 0 Å². The highest BCUT2D eigenvalue weighted by atomic mass is 19.4. The van der Waals surface area contributed by atoms with Gasteiger partial charge in [-0.2, -0.15) is 26.3 Å². The van der Waals surface area contributed by atoms with Crippen molar-refractivity contribution in [1.82, 2.24) is 20.0 Å². The van der Waals surface area contributed by atoms with E-state index in [-0.39, 0.29) is 31.1 Å². The number of nitrogens with one attached hydrogen (secondary N) is 1. The zero-order valence-corrected chi connectivity index (χ0v) is 21.4. The Morgan fingerprint density at radius 1 is 0.795 bits per heavy atom. The van der Waals surface area contributed by atoms with E-state index in [4.69, 9.17) is 0 Å². The number of likely N-dealkylation sites (tertiary alicyclic amines) is 1. The van der Waals surface area contributed by atoms with Crippen LogP contribution in [0.2, 0.25) is 0 Å². The van der Waals surface area contributed by atoms with Crippen LogP contribution in [0.5, 0.6) is 0 Å². The van der Waals surface area contributed by atoms with E-state index in [2.05, 4.69) is 15.1 Å². The molecule has 1 N–H and O–H groups in total. The summed E-state index contributed by atoms with van der Waals surface area (Å²) in [4.78, 5) is 19.7. The van der Waals surface area contributed by atoms with Gasteiger partial charge in [-0.1, -0.05) is 30.3 Å². The number of benzene rings is 2. The number of alkyl halides is 6. The molecule has 0 spiro atoms. The highest BCUT2D eigenvalue weighted by Crippen LogP contribution is 2.38. The summed E-state index contributed by atoms with van der Waals surface area (Å²) in [7, 11) is 0. The Hall–Kier alpha value is -2.63. The topological polar surface area (TPSA) is 38.8 Å². The Morgan fingerprint density at radius 2 is 1.41 bits per heavy atom. The molecule has 1 amide bonds. The van der Waals surface area contributed by atoms with E-state index in [1.54, 1.807) is 0 Å². The largest absolute Gasteiger partial charge is 0.416 e. The number of piperidine rings is 1. The van der Waals surface area contributed by atoms with E-state index >= 15 is 0 Å². The number of nitrogens with zero attached hydrogens (tertiary/aromatic N) is 3. The van der Waals surface area contributed by atoms with Gasteiger partial charge in [0.15, 0.2) is 0 Å². The number of carbonyl (C=O) groups is 1. The lowest BCUT2D eigenvalue weighted by Crippen LogP contribution is -2.58. The van der Waals surface area contributed by atoms with Crippen molar-refractivity contribution in [2.75, 3.05) is 52.4 Å². The van der Waals surface area contributed by atoms with Crippen molar-refractivity contribution in [3.8, 4) is 0 Å². The lowest BCUT2D eigenvalue weighted by atomic mass is 9.84. The van der Waals surface area contributed by atoms with Gasteiger partial charge in [0.1, 0.15) is 0 Å². The summed E-state index contributed by atoms with van der Waals surface area (Å²) in [6.07, 6.45) is -8.29. The summed E-state index contributed by atoms with van der Waals surface area (Å²) in [6.45, 7) is 6.15. The molecule has 2 aromatic carbocycles. The van der Waals surface area contributed by atoms with Crippen molar-refractivity contribution in [3.05, 3.63) is 70.8 Å². The van der Waals surface area contributed by atoms with E-state index in [0.717, 1.165) is 51.3 Å². The van der Waals surface area contributed by atoms with Crippen molar-refractivity contribution in [2.24, 2.45) is 0 Å². The van der Waals surface area contributed by atoms with Crippen LogP contribution in [0, 0.1) is 0 Å². The molecular formula is C28H32F6N4O. The van der Waals surface area contributed by atoms with Crippen molar-refractivity contribution in [1.29, 1.82) is 0 Å². The van der Waals surface area contributed by atoms with Crippen molar-refractivity contribution >= 4 is 5.91 Å². The van der Waals surface area contributed by atoms with Crippen LogP contribution in [0.15, 0.2) is 48.5 Å². The SMILES string of the molecule is O=C(c1cc(C(F)(F)F)cc(C(F)(F)F)c1)N1CCC(N2CCN(C3CCNC3)CC2)C(c2ccccc2)C1. The van der Waals surface area contributed by atoms with Crippen LogP contribution in [0.4, 0.5) is 26.3 Å². The van der Waals surface area contributed by atoms with E-state index in [1.807, 2.05) is 30.3 Å². The third-order valence-corrected chi connectivity index (χ3v) is 8.29. The second-order valence-corrected chi connectivity index (χ2v) is 10.6. The quantitative estimate of drug-likeness (QED) is 0.557. The monoisotopic (exact) mass is 554 g/mol. The molecule has 0 radical (unpaired) electrons. The number of hydrogen-bond acceptors (Lipinski definition) is 4. The second-order valence-electron chi connectivity index (χ2n) is 10.6. The minimum Gasteiger partial charge on any atom is -0.338 e. The van der Waals surface area contributed by atoms with Gasteiger partial charge in [0.05, 0.1) is 11.1 Å². The van der Waals surface area contributed by atoms with Gasteiger partial charge in [-0.05, 0) is 43.1 Å². The highest BCUT2D eigenvalue weighted by Gasteiger charge is 2.41. The molecule has 3 saturated heterocycles. The molecule has 0 aliphatic carbocycles. The summed E-state index contributed by atoms with van der Waals surface area (Å²) in [5, 5.41) is 3.41. The first-order chi connectivity index (χ1) is 18.5. The zero-order chi connectivity index (χ0) is 27.8. The van der Waals surface area contributed by atoms with Crippen LogP contribution in [-0.4, -0.2) is 85.0 Å². The van der Waals surface area contributed by atoms with E-state index in [1.165, 1.54) is 4.90 Å². The van der Waals surface area contributed by atoms with Crippen molar-refractivity contribution in [3.63, 3.8) is 0 Å². The van der Waals surface area contributed by atoms with Crippen LogP contribution in [0.25, 0.3) is 0 Å². The number of piperazine rings is 1. The van der Waals surface area contributed by atoms with Crippen LogP contribution in [-0.2, 0) is 12.4 Å². The molecule has 3 aliphatic heterocycles. The minimum absolute atomic E-state index is 0.0526. The molecular weight excluding hydrogens is 522 g/mol. The van der Waals surface area contributed by atoms with E-state index in [0.29, 0.717) is 24.6 Å². The standard InChI is InChI=1S/C28H32F6N4O/c29-27(30,31)21-14-20(15-22(16-21)28(32,33)34)26(39)38-9-7-25(24(18-38)19-4-2-1-3-5-19)37-12-10-36(11-13-37)23-6-8-35-17-23/h1-5,14-16,23-25,35H,6-13,17-18H2. The Kier molecular flexibility index (Phi) is 7.94. The molecule has 5 nitrogen and oxygen atoms in total. The third-order valence-electron chi connectivity index (χ3n) is 8.29. The maximum atomic E-state index is 13.4. The van der Waals surface area contributed by atoms with Crippen LogP contribution in [0.3, 0.4) is 0 Å². The third kappa shape index (κ3) is 6.25. The van der Waals surface area contributed by atoms with Gasteiger partial charge in [0.25, 0.3) is 5.91 Å². The van der Waals surface area contributed by atoms with Crippen LogP contribution in [0.1, 0.15) is 45.8 Å². The number of rotatable bonds is 4. The molecule has 39 heavy (non-hydrogen) atoms. The molecule has 0 saturated carbocycles. The summed E-state index contributed by atoms with van der Waals surface area (Å²) >= 11 is 0. The average Bonchev–Trinajstić information content (AvgIpc) is 3.47. The normalized spacial score (nSPS) is 25.7. The second kappa shape index (κ2) is 11.1. The fourth-order valence-electron chi connectivity index (χ4n) is 6.24. The van der Waals surface area contributed by atoms with Crippen LogP contribution >= 0.6 is 0 Å². The maximum absolute atomic E-state index is 13.4. The van der Waals surface area contributed by atoms with Gasteiger partial charge in [-0.15, -0.1) is 0 Å². The molecule has 0 bridgehead atoms. The fourth-order valence-corrected chi connectivity index (χ4v) is 6.24. The fraction of sp³-hybridized carbons (Fsp3) is 0.536. The molecule has 3 heterocycles.